The summed E-state index contributed by atoms with van der Waals surface area (Å²) in [7, 11) is 0. The van der Waals surface area contributed by atoms with Gasteiger partial charge < -0.3 is 4.42 Å². The number of nitrogens with one attached hydrogen (secondary N) is 1. The van der Waals surface area contributed by atoms with Gasteiger partial charge in [-0.15, -0.1) is 10.2 Å². The van der Waals surface area contributed by atoms with Gasteiger partial charge in [-0.1, -0.05) is 0 Å². The number of aromatic nitrogens is 5. The van der Waals surface area contributed by atoms with E-state index in [1.54, 1.807) is 0 Å². The second kappa shape index (κ2) is 4.66. The molecule has 0 amide bonds. The first-order valence-electron chi connectivity index (χ1n) is 7.25. The van der Waals surface area contributed by atoms with Crippen molar-refractivity contribution in [3.8, 4) is 0 Å². The van der Waals surface area contributed by atoms with Crippen molar-refractivity contribution in [3.05, 3.63) is 23.4 Å². The molecule has 1 saturated carbocycles. The van der Waals surface area contributed by atoms with Gasteiger partial charge in [0.15, 0.2) is 5.82 Å². The van der Waals surface area contributed by atoms with Crippen molar-refractivity contribution in [1.29, 1.82) is 0 Å². The van der Waals surface area contributed by atoms with E-state index in [1.165, 1.54) is 12.8 Å². The summed E-state index contributed by atoms with van der Waals surface area (Å²) in [5.41, 5.74) is 0. The number of hydrogen-bond donors (Lipinski definition) is 1. The van der Waals surface area contributed by atoms with Crippen molar-refractivity contribution < 1.29 is 4.42 Å². The number of aromatic amines is 1. The van der Waals surface area contributed by atoms with Gasteiger partial charge in [0.05, 0.1) is 12.6 Å². The van der Waals surface area contributed by atoms with Gasteiger partial charge in [0, 0.05) is 5.92 Å². The van der Waals surface area contributed by atoms with Crippen LogP contribution in [-0.2, 0) is 6.54 Å². The molecule has 2 aromatic rings. The van der Waals surface area contributed by atoms with E-state index in [4.69, 9.17) is 4.42 Å². The minimum atomic E-state index is 0.260. The lowest BCUT2D eigenvalue weighted by atomic mass is 10.2. The molecule has 106 valence electrons. The largest absolute Gasteiger partial charge is 0.424 e. The zero-order valence-electron chi connectivity index (χ0n) is 11.5. The van der Waals surface area contributed by atoms with E-state index < -0.39 is 0 Å². The van der Waals surface area contributed by atoms with Crippen molar-refractivity contribution in [1.82, 2.24) is 30.3 Å². The predicted octanol–water partition coefficient (Wildman–Crippen LogP) is 1.71. The molecule has 1 aliphatic carbocycles. The lowest BCUT2D eigenvalue weighted by molar-refractivity contribution is 0.214. The molecule has 2 aliphatic rings. The molecule has 4 rings (SSSR count). The summed E-state index contributed by atoms with van der Waals surface area (Å²) in [5.74, 6) is 3.78. The van der Waals surface area contributed by atoms with E-state index in [1.807, 2.05) is 6.92 Å². The highest BCUT2D eigenvalue weighted by Crippen LogP contribution is 2.39. The molecule has 0 radical (unpaired) electrons. The van der Waals surface area contributed by atoms with E-state index in [0.717, 1.165) is 36.9 Å². The molecule has 20 heavy (non-hydrogen) atoms. The molecule has 1 saturated heterocycles. The van der Waals surface area contributed by atoms with Crippen LogP contribution in [0.5, 0.6) is 0 Å². The minimum absolute atomic E-state index is 0.260. The average molecular weight is 274 g/mol. The molecule has 2 fully saturated rings. The van der Waals surface area contributed by atoms with Crippen LogP contribution in [0.15, 0.2) is 4.42 Å². The summed E-state index contributed by atoms with van der Waals surface area (Å²) in [4.78, 5) is 6.78. The molecule has 0 unspecified atom stereocenters. The quantitative estimate of drug-likeness (QED) is 0.913. The Morgan fingerprint density at radius 2 is 2.20 bits per heavy atom. The van der Waals surface area contributed by atoms with Crippen molar-refractivity contribution >= 4 is 0 Å². The summed E-state index contributed by atoms with van der Waals surface area (Å²) in [5, 5.41) is 15.5. The molecule has 7 heteroatoms. The predicted molar refractivity (Wildman–Crippen MR) is 69.8 cm³/mol. The highest BCUT2D eigenvalue weighted by Gasteiger charge is 2.32. The highest BCUT2D eigenvalue weighted by atomic mass is 16.4. The van der Waals surface area contributed by atoms with E-state index in [-0.39, 0.29) is 6.04 Å². The summed E-state index contributed by atoms with van der Waals surface area (Å²) in [6.07, 6.45) is 4.61. The number of aryl methyl sites for hydroxylation is 1. The van der Waals surface area contributed by atoms with Crippen LogP contribution in [0.1, 0.15) is 61.1 Å². The summed E-state index contributed by atoms with van der Waals surface area (Å²) < 4.78 is 5.75. The lowest BCUT2D eigenvalue weighted by Gasteiger charge is -2.19. The number of H-pyrrole nitrogens is 1. The SMILES string of the molecule is Cc1nc([C@H]2CCCN2Cc2nnc(C3CC3)o2)n[nH]1. The van der Waals surface area contributed by atoms with Gasteiger partial charge >= 0.3 is 0 Å². The van der Waals surface area contributed by atoms with Crippen LogP contribution < -0.4 is 0 Å². The van der Waals surface area contributed by atoms with Gasteiger partial charge in [0.2, 0.25) is 11.8 Å². The third-order valence-electron chi connectivity index (χ3n) is 4.02. The Bertz CT molecular complexity index is 602. The van der Waals surface area contributed by atoms with Gasteiger partial charge in [0.25, 0.3) is 0 Å². The fourth-order valence-electron chi connectivity index (χ4n) is 2.82. The maximum atomic E-state index is 5.75. The molecule has 0 bridgehead atoms. The van der Waals surface area contributed by atoms with Crippen molar-refractivity contribution in [2.75, 3.05) is 6.54 Å². The third-order valence-corrected chi connectivity index (χ3v) is 4.02. The fraction of sp³-hybridized carbons (Fsp3) is 0.692. The number of rotatable bonds is 4. The van der Waals surface area contributed by atoms with Crippen LogP contribution in [0.25, 0.3) is 0 Å². The van der Waals surface area contributed by atoms with Crippen LogP contribution in [0.4, 0.5) is 0 Å². The van der Waals surface area contributed by atoms with Crippen LogP contribution in [-0.4, -0.2) is 36.8 Å². The Morgan fingerprint density at radius 1 is 1.30 bits per heavy atom. The van der Waals surface area contributed by atoms with Crippen LogP contribution in [0.2, 0.25) is 0 Å². The van der Waals surface area contributed by atoms with E-state index in [2.05, 4.69) is 30.3 Å². The zero-order valence-corrected chi connectivity index (χ0v) is 11.5. The molecule has 0 aromatic carbocycles. The molecule has 1 atom stereocenters. The van der Waals surface area contributed by atoms with Gasteiger partial charge in [-0.3, -0.25) is 10.00 Å². The second-order valence-electron chi connectivity index (χ2n) is 5.72. The Labute approximate surface area is 116 Å². The maximum Gasteiger partial charge on any atom is 0.230 e. The normalized spacial score (nSPS) is 23.6. The molecule has 0 spiro atoms. The van der Waals surface area contributed by atoms with E-state index in [9.17, 15) is 0 Å². The zero-order chi connectivity index (χ0) is 13.5. The Kier molecular flexibility index (Phi) is 2.80. The molecule has 2 aromatic heterocycles. The van der Waals surface area contributed by atoms with E-state index in [0.29, 0.717) is 18.4 Å². The topological polar surface area (TPSA) is 83.7 Å². The van der Waals surface area contributed by atoms with Crippen molar-refractivity contribution in [3.63, 3.8) is 0 Å². The van der Waals surface area contributed by atoms with E-state index >= 15 is 0 Å². The Morgan fingerprint density at radius 3 is 2.95 bits per heavy atom. The van der Waals surface area contributed by atoms with Crippen LogP contribution in [0, 0.1) is 6.92 Å². The first-order valence-corrected chi connectivity index (χ1v) is 7.25. The van der Waals surface area contributed by atoms with Crippen LogP contribution in [0.3, 0.4) is 0 Å². The number of nitrogens with zero attached hydrogens (tertiary/aromatic N) is 5. The van der Waals surface area contributed by atoms with Gasteiger partial charge in [0.1, 0.15) is 5.82 Å². The summed E-state index contributed by atoms with van der Waals surface area (Å²) in [6, 6.07) is 0.260. The first kappa shape index (κ1) is 12.0. The highest BCUT2D eigenvalue weighted by molar-refractivity contribution is 5.02. The molecular weight excluding hydrogens is 256 g/mol. The number of hydrogen-bond acceptors (Lipinski definition) is 6. The molecule has 1 N–H and O–H groups in total. The summed E-state index contributed by atoms with van der Waals surface area (Å²) in [6.45, 7) is 3.65. The number of likely N-dealkylation sites (tertiary alicyclic amines) is 1. The van der Waals surface area contributed by atoms with Gasteiger partial charge in [-0.05, 0) is 39.2 Å². The van der Waals surface area contributed by atoms with Crippen LogP contribution >= 0.6 is 0 Å². The maximum absolute atomic E-state index is 5.75. The van der Waals surface area contributed by atoms with Crippen molar-refractivity contribution in [2.24, 2.45) is 0 Å². The fourth-order valence-corrected chi connectivity index (χ4v) is 2.82. The Hall–Kier alpha value is -1.76. The molecular formula is C13H18N6O. The standard InChI is InChI=1S/C13H18N6O/c1-8-14-12(17-15-8)10-3-2-6-19(10)7-11-16-18-13(20-11)9-4-5-9/h9-10H,2-7H2,1H3,(H,14,15,17)/t10-/m1/s1. The monoisotopic (exact) mass is 274 g/mol. The Balaban J connectivity index is 1.48. The smallest absolute Gasteiger partial charge is 0.230 e. The van der Waals surface area contributed by atoms with Gasteiger partial charge in [-0.2, -0.15) is 5.10 Å². The van der Waals surface area contributed by atoms with Crippen molar-refractivity contribution in [2.45, 2.75) is 51.1 Å². The average Bonchev–Trinajstić information content (AvgIpc) is 2.86. The first-order chi connectivity index (χ1) is 9.79. The second-order valence-corrected chi connectivity index (χ2v) is 5.72. The molecule has 1 aliphatic heterocycles. The molecule has 7 nitrogen and oxygen atoms in total. The lowest BCUT2D eigenvalue weighted by Crippen LogP contribution is -2.23. The molecule has 3 heterocycles. The van der Waals surface area contributed by atoms with Gasteiger partial charge in [-0.25, -0.2) is 4.98 Å². The third kappa shape index (κ3) is 2.22. The minimum Gasteiger partial charge on any atom is -0.424 e. The summed E-state index contributed by atoms with van der Waals surface area (Å²) >= 11 is 0.